The Morgan fingerprint density at radius 1 is 1.00 bits per heavy atom. The number of H-pyrrole nitrogens is 1. The number of nitrogens with one attached hydrogen (secondary N) is 2. The third-order valence-corrected chi connectivity index (χ3v) is 21.4. The van der Waals surface area contributed by atoms with E-state index in [9.17, 15) is 40.2 Å². The maximum atomic E-state index is 15.2. The fourth-order valence-corrected chi connectivity index (χ4v) is 18.2. The molecule has 1 spiro atoms. The van der Waals surface area contributed by atoms with Crippen LogP contribution in [0.2, 0.25) is 0 Å². The number of aliphatic hydroxyl groups excluding tert-OH is 3. The minimum atomic E-state index is -1.92. The summed E-state index contributed by atoms with van der Waals surface area (Å²) >= 11 is 0. The van der Waals surface area contributed by atoms with Crippen LogP contribution in [0.25, 0.3) is 0 Å². The highest BCUT2D eigenvalue weighted by atomic mass is 16.5. The molecule has 0 amide bonds. The fraction of sp³-hybridized carbons (Fsp3) is 0.750. The quantitative estimate of drug-likeness (QED) is 0.0554. The van der Waals surface area contributed by atoms with Crippen molar-refractivity contribution in [1.82, 2.24) is 10.3 Å². The van der Waals surface area contributed by atoms with Gasteiger partial charge in [-0.2, -0.15) is 0 Å². The first kappa shape index (κ1) is 50.5. The van der Waals surface area contributed by atoms with Crippen molar-refractivity contribution < 1.29 is 49.8 Å². The average molecular weight is 982 g/mol. The van der Waals surface area contributed by atoms with E-state index in [1.165, 1.54) is 12.5 Å². The third-order valence-electron chi connectivity index (χ3n) is 21.4. The normalized spacial score (nSPS) is 47.0. The number of aromatic amines is 1. The number of Topliss-reactive ketones (excluding diaryl/α,β-unsaturated/α-hetero) is 2. The van der Waals surface area contributed by atoms with E-state index in [0.29, 0.717) is 43.6 Å². The standard InChI is InChI=1S/C56H79N5O10/c1-30-8-9-32-10-11-38-36(28-62)23-55(69)16-15-53(38,40(32)20-30)22-33(37-29-71-49(67)44(37)35-13-18-59-27-35)6-5-7-34-24-56(70)45-39(12-14-54(56,17-19-60-50(57)58)48(34)52(55,4)68)51(3)25-43(65)42(64)21-41(51)47(66)46(45)61-26-31(2)63/h10,13,18,27,30,33-34,36-44,48,59,61-62,64-65,68-70H,7-9,11-12,14-17,19-26,28-29H2,1-4H3,(H4,57,58,60)/t30-,33+,34+,36-,37-,38-,39-,40+,41-,42+,43-,44-,48+,51+,52+,53-,54-,55+,56+/m0/s1. The van der Waals surface area contributed by atoms with Gasteiger partial charge in [-0.3, -0.25) is 19.4 Å². The minimum absolute atomic E-state index is 0.0250. The second-order valence-electron chi connectivity index (χ2n) is 24.8. The number of esters is 1. The fourth-order valence-electron chi connectivity index (χ4n) is 18.2. The molecule has 1 aromatic rings. The number of carbonyl (C=O) groups excluding carboxylic acids is 3. The molecule has 15 nitrogen and oxygen atoms in total. The van der Waals surface area contributed by atoms with Crippen LogP contribution in [0.5, 0.6) is 0 Å². The summed E-state index contributed by atoms with van der Waals surface area (Å²) in [5.41, 5.74) is 6.69. The van der Waals surface area contributed by atoms with Gasteiger partial charge in [0.2, 0.25) is 0 Å². The summed E-state index contributed by atoms with van der Waals surface area (Å²) in [7, 11) is 0. The van der Waals surface area contributed by atoms with E-state index < -0.39 is 80.8 Å². The highest BCUT2D eigenvalue weighted by Gasteiger charge is 2.76. The zero-order valence-electron chi connectivity index (χ0n) is 42.2. The van der Waals surface area contributed by atoms with Crippen molar-refractivity contribution in [3.05, 3.63) is 46.9 Å². The molecule has 0 aromatic carbocycles. The number of aromatic nitrogens is 1. The molecule has 5 saturated carbocycles. The summed E-state index contributed by atoms with van der Waals surface area (Å²) in [5.74, 6) is 2.80. The summed E-state index contributed by atoms with van der Waals surface area (Å²) in [4.78, 5) is 49.4. The largest absolute Gasteiger partial charge is 0.465 e. The maximum Gasteiger partial charge on any atom is 0.313 e. The number of ketones is 2. The number of nitrogens with zero attached hydrogens (tertiary/aromatic N) is 1. The Kier molecular flexibility index (Phi) is 12.9. The van der Waals surface area contributed by atoms with Gasteiger partial charge in [-0.25, -0.2) is 0 Å². The molecule has 2 bridgehead atoms. The van der Waals surface area contributed by atoms with E-state index in [1.807, 2.05) is 25.4 Å². The summed E-state index contributed by atoms with van der Waals surface area (Å²) in [6.07, 6.45) is 10.4. The number of carbonyl (C=O) groups is 3. The van der Waals surface area contributed by atoms with Crippen molar-refractivity contribution in [2.24, 2.45) is 91.9 Å². The zero-order valence-corrected chi connectivity index (χ0v) is 42.2. The second kappa shape index (κ2) is 18.1. The molecule has 6 fully saturated rings. The number of rotatable bonds is 9. The van der Waals surface area contributed by atoms with E-state index >= 15 is 4.79 Å². The van der Waals surface area contributed by atoms with Crippen LogP contribution in [0.4, 0.5) is 0 Å². The highest BCUT2D eigenvalue weighted by molar-refractivity contribution is 6.00. The van der Waals surface area contributed by atoms with Crippen LogP contribution < -0.4 is 16.8 Å². The van der Waals surface area contributed by atoms with Gasteiger partial charge in [0.15, 0.2) is 11.7 Å². The lowest BCUT2D eigenvalue weighted by Crippen LogP contribution is -2.67. The van der Waals surface area contributed by atoms with Crippen molar-refractivity contribution >= 4 is 23.5 Å². The molecule has 8 aliphatic carbocycles. The first-order valence-corrected chi connectivity index (χ1v) is 26.8. The number of ether oxygens (including phenoxy) is 1. The first-order valence-electron chi connectivity index (χ1n) is 26.8. The Balaban J connectivity index is 1.19. The summed E-state index contributed by atoms with van der Waals surface area (Å²) < 4.78 is 5.95. The van der Waals surface area contributed by atoms with Crippen molar-refractivity contribution in [2.45, 2.75) is 159 Å². The van der Waals surface area contributed by atoms with Crippen LogP contribution in [0, 0.1) is 87.3 Å². The molecule has 71 heavy (non-hydrogen) atoms. The van der Waals surface area contributed by atoms with Gasteiger partial charge in [0.1, 0.15) is 5.78 Å². The number of aliphatic imine (C=N–C) groups is 1. The lowest BCUT2D eigenvalue weighted by Gasteiger charge is -2.63. The Bertz CT molecular complexity index is 2440. The van der Waals surface area contributed by atoms with Gasteiger partial charge in [0.05, 0.1) is 53.8 Å². The molecule has 2 heterocycles. The number of hydrogen-bond donors (Lipinski definition) is 10. The molecular weight excluding hydrogens is 903 g/mol. The predicted octanol–water partition coefficient (Wildman–Crippen LogP) is 3.91. The van der Waals surface area contributed by atoms with E-state index in [-0.39, 0.29) is 124 Å². The van der Waals surface area contributed by atoms with Gasteiger partial charge in [0.25, 0.3) is 0 Å². The number of nitrogens with two attached hydrogens (primary N) is 2. The number of allylic oxidation sites excluding steroid dienone is 3. The van der Waals surface area contributed by atoms with Crippen LogP contribution in [0.1, 0.15) is 135 Å². The van der Waals surface area contributed by atoms with Gasteiger partial charge in [-0.1, -0.05) is 31.4 Å². The number of fused-ring (bicyclic) bond motifs is 10. The molecule has 0 radical (unpaired) electrons. The lowest BCUT2D eigenvalue weighted by atomic mass is 9.43. The highest BCUT2D eigenvalue weighted by Crippen LogP contribution is 2.74. The van der Waals surface area contributed by atoms with E-state index in [4.69, 9.17) is 16.2 Å². The zero-order chi connectivity index (χ0) is 50.6. The van der Waals surface area contributed by atoms with Crippen molar-refractivity contribution in [1.29, 1.82) is 0 Å². The van der Waals surface area contributed by atoms with Crippen molar-refractivity contribution in [3.63, 3.8) is 0 Å². The van der Waals surface area contributed by atoms with Gasteiger partial charge >= 0.3 is 5.97 Å². The van der Waals surface area contributed by atoms with Crippen LogP contribution >= 0.6 is 0 Å². The Labute approximate surface area is 418 Å². The van der Waals surface area contributed by atoms with Crippen LogP contribution in [0.15, 0.2) is 46.4 Å². The third kappa shape index (κ3) is 7.72. The van der Waals surface area contributed by atoms with Gasteiger partial charge < -0.3 is 57.1 Å². The van der Waals surface area contributed by atoms with Crippen LogP contribution in [-0.4, -0.2) is 114 Å². The van der Waals surface area contributed by atoms with Crippen molar-refractivity contribution in [3.8, 4) is 11.8 Å². The lowest BCUT2D eigenvalue weighted by molar-refractivity contribution is -0.228. The predicted molar refractivity (Wildman–Crippen MR) is 264 cm³/mol. The number of hydrogen-bond acceptors (Lipinski definition) is 12. The number of aliphatic hydroxyl groups is 6. The molecule has 12 N–H and O–H groups in total. The van der Waals surface area contributed by atoms with E-state index in [2.05, 4.69) is 40.1 Å². The number of guanidine groups is 1. The molecule has 15 heteroatoms. The van der Waals surface area contributed by atoms with E-state index in [1.54, 1.807) is 6.92 Å². The van der Waals surface area contributed by atoms with Gasteiger partial charge in [-0.15, -0.1) is 5.92 Å². The summed E-state index contributed by atoms with van der Waals surface area (Å²) in [5, 5.41) is 79.7. The molecule has 388 valence electrons. The molecule has 1 saturated heterocycles. The SMILES string of the molecule is CC(=O)CNC1=C2[C@H](CC[C@]3(CCN=C(N)N)[C@@H]4[C@H](CC#C[C@@H]([C@@H]5COC(=O)[C@H]5c5cc[nH]c5)C[C@@]56CC[C@@](O)(C[C@@H](CO)[C@@H]5CC=C5CC[C@H](C)C[C@H]56)[C@]4(C)O)C[C@@]23O)[C@@]2(C)C[C@H](O)[C@H](O)C[C@H]2C1=O. The molecule has 1 aromatic heterocycles. The number of cyclic esters (lactones) is 1. The molecule has 1 aliphatic heterocycles. The van der Waals surface area contributed by atoms with Gasteiger partial charge in [-0.05, 0) is 167 Å². The Hall–Kier alpha value is -4.04. The van der Waals surface area contributed by atoms with Crippen LogP contribution in [0.3, 0.4) is 0 Å². The van der Waals surface area contributed by atoms with Gasteiger partial charge in [0, 0.05) is 61.1 Å². The Morgan fingerprint density at radius 3 is 2.51 bits per heavy atom. The molecule has 0 unspecified atom stereocenters. The topological polar surface area (TPSA) is 274 Å². The maximum absolute atomic E-state index is 15.2. The first-order chi connectivity index (χ1) is 33.6. The van der Waals surface area contributed by atoms with E-state index in [0.717, 1.165) is 24.8 Å². The Morgan fingerprint density at radius 2 is 1.79 bits per heavy atom. The summed E-state index contributed by atoms with van der Waals surface area (Å²) in [6, 6.07) is 1.93. The average Bonchev–Trinajstić information content (AvgIpc) is 4.02. The van der Waals surface area contributed by atoms with Crippen LogP contribution in [-0.2, 0) is 19.1 Å². The minimum Gasteiger partial charge on any atom is -0.465 e. The smallest absolute Gasteiger partial charge is 0.313 e. The molecule has 10 rings (SSSR count). The summed E-state index contributed by atoms with van der Waals surface area (Å²) in [6.45, 7) is 7.31. The van der Waals surface area contributed by atoms with Crippen molar-refractivity contribution in [2.75, 3.05) is 26.3 Å². The molecule has 19 atom stereocenters. The monoisotopic (exact) mass is 982 g/mol. The second-order valence-corrected chi connectivity index (χ2v) is 24.8. The molecular formula is C56H79N5O10. The molecule has 9 aliphatic rings.